The van der Waals surface area contributed by atoms with Gasteiger partial charge in [0, 0.05) is 23.2 Å². The number of carbonyl (C=O) groups is 1. The van der Waals surface area contributed by atoms with Crippen molar-refractivity contribution in [2.24, 2.45) is 11.8 Å². The zero-order chi connectivity index (χ0) is 27.7. The molecule has 0 saturated heterocycles. The quantitative estimate of drug-likeness (QED) is 0.265. The molecular weight excluding hydrogens is 526 g/mol. The molecule has 2 N–H and O–H groups in total. The highest BCUT2D eigenvalue weighted by Gasteiger charge is 2.35. The van der Waals surface area contributed by atoms with Crippen LogP contribution in [0, 0.1) is 11.8 Å². The number of nitrogens with zero attached hydrogens (tertiary/aromatic N) is 2. The van der Waals surface area contributed by atoms with Gasteiger partial charge in [0.2, 0.25) is 0 Å². The van der Waals surface area contributed by atoms with Crippen LogP contribution in [0.2, 0.25) is 0 Å². The molecule has 1 aromatic carbocycles. The Morgan fingerprint density at radius 2 is 1.75 bits per heavy atom. The number of rotatable bonds is 8. The minimum atomic E-state index is -3.18. The van der Waals surface area contributed by atoms with Gasteiger partial charge in [0.05, 0.1) is 34.9 Å². The Hall–Kier alpha value is -3.46. The summed E-state index contributed by atoms with van der Waals surface area (Å²) >= 11 is 0. The summed E-state index contributed by atoms with van der Waals surface area (Å²) in [6, 6.07) is 10.6. The summed E-state index contributed by atoms with van der Waals surface area (Å²) in [5, 5.41) is 11.0. The molecule has 0 spiro atoms. The van der Waals surface area contributed by atoms with E-state index in [2.05, 4.69) is 21.0 Å². The predicted molar refractivity (Wildman–Crippen MR) is 155 cm³/mol. The zero-order valence-electron chi connectivity index (χ0n) is 22.5. The average molecular weight is 562 g/mol. The maximum absolute atomic E-state index is 13.5. The number of sulfone groups is 1. The van der Waals surface area contributed by atoms with Crippen LogP contribution in [0.25, 0.3) is 21.9 Å². The number of hydrogen-bond acceptors (Lipinski definition) is 6. The monoisotopic (exact) mass is 561 g/mol. The predicted octanol–water partition coefficient (Wildman–Crippen LogP) is 6.14. The minimum Gasteiger partial charge on any atom is -0.493 e. The SMILES string of the molecule is O=C(O)c1ccc(OCC2CCCC(CS(=O)(=O)C3CCC(c4cc[nH]c5cnc6nccc6c45)CC3)C2)cc1. The Kier molecular flexibility index (Phi) is 7.49. The third kappa shape index (κ3) is 5.57. The van der Waals surface area contributed by atoms with Crippen molar-refractivity contribution in [3.63, 3.8) is 0 Å². The smallest absolute Gasteiger partial charge is 0.335 e. The second-order valence-electron chi connectivity index (χ2n) is 11.5. The number of nitrogens with one attached hydrogen (secondary N) is 1. The standard InChI is InChI=1S/C31H35N3O5S/c35-31(36)23-4-8-24(9-5-23)39-18-20-2-1-3-21(16-20)19-40(37,38)25-10-6-22(7-11-25)26-12-14-32-28-17-34-30-27(29(26)28)13-15-33-30/h4-5,8-9,12-15,17,20-22,25,32H,1-3,6-7,10-11,16,18-19H2,(H,35,36). The van der Waals surface area contributed by atoms with Gasteiger partial charge in [-0.1, -0.05) is 6.42 Å². The molecule has 0 aliphatic heterocycles. The topological polar surface area (TPSA) is 122 Å². The average Bonchev–Trinajstić information content (AvgIpc) is 3.45. The molecule has 8 nitrogen and oxygen atoms in total. The van der Waals surface area contributed by atoms with Gasteiger partial charge in [-0.15, -0.1) is 0 Å². The number of hydrogen-bond donors (Lipinski definition) is 2. The molecule has 40 heavy (non-hydrogen) atoms. The first kappa shape index (κ1) is 26.7. The Morgan fingerprint density at radius 3 is 2.52 bits per heavy atom. The van der Waals surface area contributed by atoms with E-state index in [1.807, 2.05) is 18.5 Å². The van der Waals surface area contributed by atoms with Crippen molar-refractivity contribution < 1.29 is 23.1 Å². The summed E-state index contributed by atoms with van der Waals surface area (Å²) in [6.07, 6.45) is 12.5. The molecule has 0 radical (unpaired) electrons. The third-order valence-corrected chi connectivity index (χ3v) is 11.3. The van der Waals surface area contributed by atoms with E-state index in [0.717, 1.165) is 60.5 Å². The van der Waals surface area contributed by atoms with Crippen molar-refractivity contribution in [2.45, 2.75) is 62.5 Å². The van der Waals surface area contributed by atoms with Gasteiger partial charge in [-0.25, -0.2) is 23.2 Å². The fourth-order valence-corrected chi connectivity index (χ4v) is 9.06. The van der Waals surface area contributed by atoms with Crippen LogP contribution in [0.3, 0.4) is 0 Å². The van der Waals surface area contributed by atoms with Gasteiger partial charge in [-0.2, -0.15) is 0 Å². The zero-order valence-corrected chi connectivity index (χ0v) is 23.3. The van der Waals surface area contributed by atoms with E-state index in [1.165, 1.54) is 17.7 Å². The minimum absolute atomic E-state index is 0.165. The highest BCUT2D eigenvalue weighted by molar-refractivity contribution is 7.92. The maximum atomic E-state index is 13.5. The Morgan fingerprint density at radius 1 is 0.975 bits per heavy atom. The molecular formula is C31H35N3O5S. The Bertz CT molecular complexity index is 1610. The van der Waals surface area contributed by atoms with Crippen LogP contribution in [0.4, 0.5) is 0 Å². The van der Waals surface area contributed by atoms with Crippen molar-refractivity contribution >= 4 is 37.7 Å². The number of H-pyrrole nitrogens is 1. The molecule has 2 fully saturated rings. The summed E-state index contributed by atoms with van der Waals surface area (Å²) in [5.74, 6) is 0.749. The molecule has 0 amide bonds. The van der Waals surface area contributed by atoms with Crippen LogP contribution >= 0.6 is 0 Å². The summed E-state index contributed by atoms with van der Waals surface area (Å²) < 4.78 is 33.0. The van der Waals surface area contributed by atoms with E-state index in [-0.39, 0.29) is 22.5 Å². The summed E-state index contributed by atoms with van der Waals surface area (Å²) in [5.41, 5.74) is 3.23. The highest BCUT2D eigenvalue weighted by Crippen LogP contribution is 2.40. The number of ether oxygens (including phenoxy) is 1. The van der Waals surface area contributed by atoms with Gasteiger partial charge in [0.1, 0.15) is 5.75 Å². The molecule has 3 aromatic heterocycles. The molecule has 4 aromatic rings. The fourth-order valence-electron chi connectivity index (χ4n) is 6.84. The number of pyridine rings is 2. The summed E-state index contributed by atoms with van der Waals surface area (Å²) in [6.45, 7) is 0.526. The lowest BCUT2D eigenvalue weighted by Gasteiger charge is -2.32. The fraction of sp³-hybridized carbons (Fsp3) is 0.452. The lowest BCUT2D eigenvalue weighted by atomic mass is 9.82. The molecule has 2 unspecified atom stereocenters. The molecule has 9 heteroatoms. The number of fused-ring (bicyclic) bond motifs is 3. The van der Waals surface area contributed by atoms with Crippen molar-refractivity contribution in [2.75, 3.05) is 12.4 Å². The summed E-state index contributed by atoms with van der Waals surface area (Å²) in [4.78, 5) is 23.2. The number of carboxylic acids is 1. The van der Waals surface area contributed by atoms with E-state index in [9.17, 15) is 13.2 Å². The van der Waals surface area contributed by atoms with Crippen LogP contribution < -0.4 is 4.74 Å². The normalized spacial score (nSPS) is 23.8. The van der Waals surface area contributed by atoms with Gasteiger partial charge in [0.15, 0.2) is 15.5 Å². The van der Waals surface area contributed by atoms with Crippen LogP contribution in [0.15, 0.2) is 55.0 Å². The first-order chi connectivity index (χ1) is 19.4. The summed E-state index contributed by atoms with van der Waals surface area (Å²) in [7, 11) is -3.18. The molecule has 3 heterocycles. The molecule has 2 saturated carbocycles. The maximum Gasteiger partial charge on any atom is 0.335 e. The van der Waals surface area contributed by atoms with Crippen molar-refractivity contribution in [3.8, 4) is 5.75 Å². The van der Waals surface area contributed by atoms with Gasteiger partial charge in [-0.05, 0) is 105 Å². The van der Waals surface area contributed by atoms with E-state index < -0.39 is 15.8 Å². The van der Waals surface area contributed by atoms with Gasteiger partial charge >= 0.3 is 5.97 Å². The van der Waals surface area contributed by atoms with Crippen LogP contribution in [-0.4, -0.2) is 52.1 Å². The van der Waals surface area contributed by atoms with E-state index >= 15 is 0 Å². The van der Waals surface area contributed by atoms with Crippen molar-refractivity contribution in [1.29, 1.82) is 0 Å². The van der Waals surface area contributed by atoms with Gasteiger partial charge in [-0.3, -0.25) is 0 Å². The van der Waals surface area contributed by atoms with E-state index in [4.69, 9.17) is 9.84 Å². The molecule has 2 aliphatic carbocycles. The number of aromatic amines is 1. The third-order valence-electron chi connectivity index (χ3n) is 8.89. The van der Waals surface area contributed by atoms with Crippen molar-refractivity contribution in [1.82, 2.24) is 15.0 Å². The van der Waals surface area contributed by atoms with Gasteiger partial charge in [0.25, 0.3) is 0 Å². The first-order valence-electron chi connectivity index (χ1n) is 14.3. The molecule has 2 atom stereocenters. The Labute approximate surface area is 234 Å². The molecule has 2 aliphatic rings. The second-order valence-corrected chi connectivity index (χ2v) is 13.8. The molecule has 0 bridgehead atoms. The lowest BCUT2D eigenvalue weighted by molar-refractivity contribution is 0.0696. The Balaban J connectivity index is 1.05. The van der Waals surface area contributed by atoms with Crippen LogP contribution in [-0.2, 0) is 9.84 Å². The highest BCUT2D eigenvalue weighted by atomic mass is 32.2. The number of aromatic nitrogens is 3. The van der Waals surface area contributed by atoms with Gasteiger partial charge < -0.3 is 14.8 Å². The number of benzene rings is 1. The van der Waals surface area contributed by atoms with E-state index in [1.54, 1.807) is 18.3 Å². The molecule has 6 rings (SSSR count). The van der Waals surface area contributed by atoms with E-state index in [0.29, 0.717) is 37.0 Å². The van der Waals surface area contributed by atoms with Crippen molar-refractivity contribution in [3.05, 3.63) is 66.1 Å². The lowest BCUT2D eigenvalue weighted by Crippen LogP contribution is -2.33. The number of carboxylic acid groups (broad SMARTS) is 1. The first-order valence-corrected chi connectivity index (χ1v) is 16.0. The molecule has 210 valence electrons. The largest absolute Gasteiger partial charge is 0.493 e. The van der Waals surface area contributed by atoms with Crippen LogP contribution in [0.5, 0.6) is 5.75 Å². The van der Waals surface area contributed by atoms with Crippen LogP contribution in [0.1, 0.15) is 73.2 Å². The second kappa shape index (κ2) is 11.2. The number of aromatic carboxylic acids is 1.